The second-order valence-corrected chi connectivity index (χ2v) is 11.2. The lowest BCUT2D eigenvalue weighted by molar-refractivity contribution is -0.141. The minimum atomic E-state index is -0.399. The normalized spacial score (nSPS) is 11.2. The van der Waals surface area contributed by atoms with E-state index in [0.29, 0.717) is 37.4 Å². The van der Waals surface area contributed by atoms with Crippen LogP contribution < -0.4 is 20.9 Å². The summed E-state index contributed by atoms with van der Waals surface area (Å²) in [5.41, 5.74) is 17.0. The topological polar surface area (TPSA) is 121 Å². The van der Waals surface area contributed by atoms with Gasteiger partial charge in [-0.1, -0.05) is 55.5 Å². The van der Waals surface area contributed by atoms with Crippen molar-refractivity contribution in [3.05, 3.63) is 125 Å². The van der Waals surface area contributed by atoms with E-state index in [4.69, 9.17) is 30.9 Å². The number of benzene rings is 4. The Kier molecular flexibility index (Phi) is 11.4. The summed E-state index contributed by atoms with van der Waals surface area (Å²) in [6, 6.07) is 32.9. The van der Waals surface area contributed by atoms with Crippen molar-refractivity contribution in [2.45, 2.75) is 39.2 Å². The van der Waals surface area contributed by atoms with Crippen molar-refractivity contribution in [2.24, 2.45) is 5.41 Å². The smallest absolute Gasteiger partial charge is 0.330 e. The summed E-state index contributed by atoms with van der Waals surface area (Å²) < 4.78 is 17.3. The summed E-state index contributed by atoms with van der Waals surface area (Å²) >= 11 is 0. The predicted molar refractivity (Wildman–Crippen MR) is 175 cm³/mol. The van der Waals surface area contributed by atoms with Crippen LogP contribution in [0.2, 0.25) is 0 Å². The molecule has 7 heteroatoms. The molecule has 4 aromatic carbocycles. The molecule has 0 heterocycles. The molecule has 226 valence electrons. The molecule has 4 rings (SSSR count). The van der Waals surface area contributed by atoms with E-state index in [2.05, 4.69) is 13.0 Å². The van der Waals surface area contributed by atoms with E-state index in [0.717, 1.165) is 46.6 Å². The van der Waals surface area contributed by atoms with Crippen LogP contribution in [0.1, 0.15) is 42.0 Å². The average Bonchev–Trinajstić information content (AvgIpc) is 3.03. The van der Waals surface area contributed by atoms with Gasteiger partial charge in [-0.3, -0.25) is 0 Å². The minimum Gasteiger partial charge on any atom is -0.494 e. The van der Waals surface area contributed by atoms with Crippen LogP contribution in [0.15, 0.2) is 103 Å². The van der Waals surface area contributed by atoms with Gasteiger partial charge in [0.05, 0.1) is 19.3 Å². The van der Waals surface area contributed by atoms with E-state index in [1.165, 1.54) is 6.08 Å². The van der Waals surface area contributed by atoms with E-state index in [-0.39, 0.29) is 12.0 Å². The number of carbonyl (C=O) groups is 1. The predicted octanol–water partition coefficient (Wildman–Crippen LogP) is 7.16. The van der Waals surface area contributed by atoms with Crippen LogP contribution in [0.3, 0.4) is 0 Å². The van der Waals surface area contributed by atoms with Crippen molar-refractivity contribution in [1.29, 1.82) is 5.26 Å². The summed E-state index contributed by atoms with van der Waals surface area (Å²) in [7, 11) is 0. The Morgan fingerprint density at radius 3 is 1.86 bits per heavy atom. The lowest BCUT2D eigenvalue weighted by Gasteiger charge is -2.29. The molecule has 44 heavy (non-hydrogen) atoms. The van der Waals surface area contributed by atoms with Gasteiger partial charge in [-0.25, -0.2) is 4.79 Å². The highest BCUT2D eigenvalue weighted by atomic mass is 16.5. The van der Waals surface area contributed by atoms with Gasteiger partial charge in [0, 0.05) is 29.3 Å². The maximum absolute atomic E-state index is 12.7. The number of esters is 1. The third-order valence-electron chi connectivity index (χ3n) is 7.11. The fourth-order valence-electron chi connectivity index (χ4n) is 4.74. The van der Waals surface area contributed by atoms with E-state index >= 15 is 0 Å². The average molecular weight is 590 g/mol. The fourth-order valence-corrected chi connectivity index (χ4v) is 4.74. The van der Waals surface area contributed by atoms with Crippen molar-refractivity contribution in [3.63, 3.8) is 0 Å². The van der Waals surface area contributed by atoms with Crippen LogP contribution >= 0.6 is 0 Å². The highest BCUT2D eigenvalue weighted by Gasteiger charge is 2.27. The second kappa shape index (κ2) is 15.9. The first kappa shape index (κ1) is 31.7. The van der Waals surface area contributed by atoms with E-state index in [1.54, 1.807) is 6.08 Å². The Balaban J connectivity index is 1.28. The molecule has 0 aliphatic carbocycles. The number of hydrogen-bond acceptors (Lipinski definition) is 7. The first-order valence-corrected chi connectivity index (χ1v) is 14.7. The van der Waals surface area contributed by atoms with Crippen LogP contribution in [0.25, 0.3) is 6.08 Å². The highest BCUT2D eigenvalue weighted by molar-refractivity contribution is 5.87. The summed E-state index contributed by atoms with van der Waals surface area (Å²) in [5.74, 6) is 1.10. The molecule has 0 fully saturated rings. The molecule has 0 aliphatic heterocycles. The maximum Gasteiger partial charge on any atom is 0.330 e. The van der Waals surface area contributed by atoms with E-state index < -0.39 is 5.97 Å². The standard InChI is InChI=1S/C37H39N3O4/c1-37(24-29-4-13-32(39)14-5-29,25-30-6-15-33(40)16-7-30)27-44-36(41)21-12-28-8-17-35(18-9-28)43-26-31-10-19-34(20-11-31)42-23-3-2-22-38/h4-21H,2-3,23-27,39-40H2,1H3/b21-12+. The Morgan fingerprint density at radius 1 is 0.773 bits per heavy atom. The van der Waals surface area contributed by atoms with Crippen LogP contribution in [0, 0.1) is 16.7 Å². The summed E-state index contributed by atoms with van der Waals surface area (Å²) in [6.45, 7) is 3.32. The number of nitriles is 1. The largest absolute Gasteiger partial charge is 0.494 e. The van der Waals surface area contributed by atoms with Gasteiger partial charge < -0.3 is 25.7 Å². The zero-order valence-corrected chi connectivity index (χ0v) is 25.1. The summed E-state index contributed by atoms with van der Waals surface area (Å²) in [4.78, 5) is 12.7. The highest BCUT2D eigenvalue weighted by Crippen LogP contribution is 2.29. The van der Waals surface area contributed by atoms with Crippen LogP contribution in [-0.2, 0) is 29.0 Å². The Morgan fingerprint density at radius 2 is 1.30 bits per heavy atom. The molecule has 0 atom stereocenters. The van der Waals surface area contributed by atoms with Crippen molar-refractivity contribution < 1.29 is 19.0 Å². The number of nitrogen functional groups attached to an aromatic ring is 2. The number of anilines is 2. The number of hydrogen-bond donors (Lipinski definition) is 2. The lowest BCUT2D eigenvalue weighted by atomic mass is 9.79. The van der Waals surface area contributed by atoms with Crippen LogP contribution in [0.5, 0.6) is 11.5 Å². The van der Waals surface area contributed by atoms with Gasteiger partial charge in [-0.05, 0) is 96.1 Å². The number of rotatable bonds is 15. The maximum atomic E-state index is 12.7. The number of nitrogens with zero attached hydrogens (tertiary/aromatic N) is 1. The van der Waals surface area contributed by atoms with Crippen LogP contribution in [-0.4, -0.2) is 19.2 Å². The zero-order chi connectivity index (χ0) is 31.2. The number of ether oxygens (including phenoxy) is 3. The number of carbonyl (C=O) groups excluding carboxylic acids is 1. The lowest BCUT2D eigenvalue weighted by Crippen LogP contribution is -2.30. The van der Waals surface area contributed by atoms with Gasteiger partial charge in [0.25, 0.3) is 0 Å². The molecule has 0 saturated carbocycles. The van der Waals surface area contributed by atoms with E-state index in [1.807, 2.05) is 97.1 Å². The molecule has 0 radical (unpaired) electrons. The number of nitrogens with two attached hydrogens (primary N) is 2. The van der Waals surface area contributed by atoms with Crippen LogP contribution in [0.4, 0.5) is 11.4 Å². The van der Waals surface area contributed by atoms with Crippen molar-refractivity contribution in [2.75, 3.05) is 24.7 Å². The Hall–Kier alpha value is -5.22. The molecule has 0 amide bonds. The summed E-state index contributed by atoms with van der Waals surface area (Å²) in [6.07, 6.45) is 5.83. The van der Waals surface area contributed by atoms with Crippen molar-refractivity contribution >= 4 is 23.4 Å². The SMILES string of the molecule is CC(COC(=O)/C=C/c1ccc(OCc2ccc(OCCCC#N)cc2)cc1)(Cc1ccc(N)cc1)Cc1ccc(N)cc1. The van der Waals surface area contributed by atoms with Gasteiger partial charge in [0.2, 0.25) is 0 Å². The molecule has 0 aromatic heterocycles. The molecule has 0 bridgehead atoms. The third kappa shape index (κ3) is 10.6. The van der Waals surface area contributed by atoms with Crippen molar-refractivity contribution in [1.82, 2.24) is 0 Å². The molecule has 7 nitrogen and oxygen atoms in total. The molecule has 0 aliphatic rings. The van der Waals surface area contributed by atoms with Gasteiger partial charge >= 0.3 is 5.97 Å². The minimum absolute atomic E-state index is 0.256. The van der Waals surface area contributed by atoms with Gasteiger partial charge in [0.1, 0.15) is 18.1 Å². The molecule has 0 spiro atoms. The molecule has 4 aromatic rings. The third-order valence-corrected chi connectivity index (χ3v) is 7.11. The second-order valence-electron chi connectivity index (χ2n) is 11.2. The first-order valence-electron chi connectivity index (χ1n) is 14.7. The molecule has 4 N–H and O–H groups in total. The first-order chi connectivity index (χ1) is 21.3. The molecule has 0 unspecified atom stereocenters. The zero-order valence-electron chi connectivity index (χ0n) is 25.1. The quantitative estimate of drug-likeness (QED) is 0.0653. The number of unbranched alkanes of at least 4 members (excludes halogenated alkanes) is 1. The summed E-state index contributed by atoms with van der Waals surface area (Å²) in [5, 5.41) is 8.60. The fraction of sp³-hybridized carbons (Fsp3) is 0.243. The molecular formula is C37H39N3O4. The molecule has 0 saturated heterocycles. The monoisotopic (exact) mass is 589 g/mol. The van der Waals surface area contributed by atoms with E-state index in [9.17, 15) is 4.79 Å². The van der Waals surface area contributed by atoms with Gasteiger partial charge in [0.15, 0.2) is 0 Å². The Labute approximate surface area is 259 Å². The van der Waals surface area contributed by atoms with Gasteiger partial charge in [-0.2, -0.15) is 5.26 Å². The van der Waals surface area contributed by atoms with Gasteiger partial charge in [-0.15, -0.1) is 0 Å². The Bertz CT molecular complexity index is 1490. The van der Waals surface area contributed by atoms with Crippen molar-refractivity contribution in [3.8, 4) is 17.6 Å². The molecular weight excluding hydrogens is 550 g/mol.